The first-order chi connectivity index (χ1) is 31.2. The van der Waals surface area contributed by atoms with Gasteiger partial charge >= 0.3 is 0 Å². The van der Waals surface area contributed by atoms with Crippen molar-refractivity contribution in [2.24, 2.45) is 0 Å². The fourth-order valence-electron chi connectivity index (χ4n) is 9.35. The summed E-state index contributed by atoms with van der Waals surface area (Å²) in [6.45, 7) is 0. The number of aromatic nitrogens is 1. The van der Waals surface area contributed by atoms with Crippen LogP contribution in [-0.4, -0.2) is 4.57 Å². The van der Waals surface area contributed by atoms with Gasteiger partial charge in [0, 0.05) is 44.3 Å². The van der Waals surface area contributed by atoms with Crippen LogP contribution in [0, 0.1) is 0 Å². The van der Waals surface area contributed by atoms with Crippen molar-refractivity contribution in [3.05, 3.63) is 243 Å². The van der Waals surface area contributed by atoms with E-state index in [9.17, 15) is 0 Å². The summed E-state index contributed by atoms with van der Waals surface area (Å²) in [5.41, 5.74) is 18.2. The number of furan rings is 1. The molecule has 0 N–H and O–H groups in total. The molecule has 0 atom stereocenters. The van der Waals surface area contributed by atoms with E-state index in [1.165, 1.54) is 66.3 Å². The Morgan fingerprint density at radius 3 is 1.22 bits per heavy atom. The summed E-state index contributed by atoms with van der Waals surface area (Å²) in [7, 11) is 0. The van der Waals surface area contributed by atoms with E-state index < -0.39 is 0 Å². The first kappa shape index (κ1) is 36.5. The van der Waals surface area contributed by atoms with Crippen molar-refractivity contribution in [1.29, 1.82) is 0 Å². The standard InChI is InChI=1S/C60H40N2O/c1-2-11-48(12-3-1)61(50-37-31-45(32-38-50)43-25-27-47(28-26-43)52-16-10-20-59-60(52)55-15-6-9-19-58(55)63-59)49-35-29-44(30-36-49)41-21-23-42(24-22-41)46-33-39-51(40-34-46)62-56-17-7-4-13-53(56)54-14-5-8-18-57(54)62/h1-40H. The topological polar surface area (TPSA) is 21.3 Å². The van der Waals surface area contributed by atoms with E-state index in [-0.39, 0.29) is 0 Å². The third kappa shape index (κ3) is 6.46. The van der Waals surface area contributed by atoms with E-state index in [1.807, 2.05) is 12.1 Å². The highest BCUT2D eigenvalue weighted by molar-refractivity contribution is 6.12. The highest BCUT2D eigenvalue weighted by Gasteiger charge is 2.16. The van der Waals surface area contributed by atoms with E-state index in [1.54, 1.807) is 0 Å². The quantitative estimate of drug-likeness (QED) is 0.153. The number of fused-ring (bicyclic) bond motifs is 6. The van der Waals surface area contributed by atoms with Crippen molar-refractivity contribution >= 4 is 60.8 Å². The molecule has 0 unspecified atom stereocenters. The highest BCUT2D eigenvalue weighted by Crippen LogP contribution is 2.40. The Morgan fingerprint density at radius 2 is 0.683 bits per heavy atom. The van der Waals surface area contributed by atoms with Gasteiger partial charge in [0.15, 0.2) is 0 Å². The van der Waals surface area contributed by atoms with Crippen LogP contribution in [0.15, 0.2) is 247 Å². The maximum atomic E-state index is 6.17. The van der Waals surface area contributed by atoms with Crippen molar-refractivity contribution < 1.29 is 4.42 Å². The molecule has 0 radical (unpaired) electrons. The molecule has 296 valence electrons. The van der Waals surface area contributed by atoms with Crippen LogP contribution in [-0.2, 0) is 0 Å². The van der Waals surface area contributed by atoms with Crippen LogP contribution in [0.4, 0.5) is 17.1 Å². The summed E-state index contributed by atoms with van der Waals surface area (Å²) in [4.78, 5) is 2.32. The average molecular weight is 805 g/mol. The van der Waals surface area contributed by atoms with Gasteiger partial charge in [0.2, 0.25) is 0 Å². The molecule has 3 heteroatoms. The number of hydrogen-bond donors (Lipinski definition) is 0. The molecule has 0 fully saturated rings. The molecule has 0 saturated heterocycles. The number of rotatable bonds is 8. The van der Waals surface area contributed by atoms with E-state index in [4.69, 9.17) is 4.42 Å². The maximum Gasteiger partial charge on any atom is 0.136 e. The van der Waals surface area contributed by atoms with Gasteiger partial charge in [-0.1, -0.05) is 170 Å². The lowest BCUT2D eigenvalue weighted by atomic mass is 9.97. The Hall–Kier alpha value is -8.40. The summed E-state index contributed by atoms with van der Waals surface area (Å²) < 4.78 is 8.53. The molecule has 0 bridgehead atoms. The van der Waals surface area contributed by atoms with E-state index in [2.05, 4.69) is 240 Å². The van der Waals surface area contributed by atoms with Crippen molar-refractivity contribution in [3.63, 3.8) is 0 Å². The van der Waals surface area contributed by atoms with E-state index in [0.29, 0.717) is 0 Å². The lowest BCUT2D eigenvalue weighted by molar-refractivity contribution is 0.669. The SMILES string of the molecule is c1ccc(N(c2ccc(-c3ccc(-c4ccc(-n5c6ccccc6c6ccccc65)cc4)cc3)cc2)c2ccc(-c3ccc(-c4cccc5oc6ccccc6c45)cc3)cc2)cc1. The number of anilines is 3. The van der Waals surface area contributed by atoms with Crippen LogP contribution in [0.1, 0.15) is 0 Å². The van der Waals surface area contributed by atoms with Gasteiger partial charge in [0.05, 0.1) is 11.0 Å². The van der Waals surface area contributed by atoms with Gasteiger partial charge in [-0.3, -0.25) is 0 Å². The third-order valence-corrected chi connectivity index (χ3v) is 12.5. The number of nitrogens with zero attached hydrogens (tertiary/aromatic N) is 2. The third-order valence-electron chi connectivity index (χ3n) is 12.5. The zero-order chi connectivity index (χ0) is 41.7. The second-order valence-corrected chi connectivity index (χ2v) is 16.1. The highest BCUT2D eigenvalue weighted by atomic mass is 16.3. The molecule has 0 aliphatic rings. The molecule has 0 aliphatic carbocycles. The Bertz CT molecular complexity index is 3510. The molecular weight excluding hydrogens is 765 g/mol. The Balaban J connectivity index is 0.788. The van der Waals surface area contributed by atoms with E-state index >= 15 is 0 Å². The molecular formula is C60H40N2O. The second-order valence-electron chi connectivity index (χ2n) is 16.1. The van der Waals surface area contributed by atoms with Gasteiger partial charge in [-0.05, 0) is 117 Å². The molecule has 0 amide bonds. The van der Waals surface area contributed by atoms with Gasteiger partial charge in [0.1, 0.15) is 11.2 Å². The first-order valence-corrected chi connectivity index (χ1v) is 21.5. The molecule has 0 aliphatic heterocycles. The zero-order valence-corrected chi connectivity index (χ0v) is 34.4. The molecule has 0 spiro atoms. The van der Waals surface area contributed by atoms with Crippen molar-refractivity contribution in [3.8, 4) is 50.2 Å². The minimum absolute atomic E-state index is 0.912. The minimum Gasteiger partial charge on any atom is -0.456 e. The minimum atomic E-state index is 0.912. The van der Waals surface area contributed by atoms with E-state index in [0.717, 1.165) is 44.7 Å². The Kier molecular flexibility index (Phi) is 8.83. The lowest BCUT2D eigenvalue weighted by Gasteiger charge is -2.26. The summed E-state index contributed by atoms with van der Waals surface area (Å²) >= 11 is 0. The van der Waals surface area contributed by atoms with Gasteiger partial charge in [-0.25, -0.2) is 0 Å². The fourth-order valence-corrected chi connectivity index (χ4v) is 9.35. The predicted octanol–water partition coefficient (Wildman–Crippen LogP) is 16.8. The number of para-hydroxylation sites is 4. The normalized spacial score (nSPS) is 11.5. The van der Waals surface area contributed by atoms with Crippen LogP contribution < -0.4 is 4.90 Å². The lowest BCUT2D eigenvalue weighted by Crippen LogP contribution is -2.09. The Labute approximate surface area is 366 Å². The number of hydrogen-bond acceptors (Lipinski definition) is 2. The molecule has 3 nitrogen and oxygen atoms in total. The summed E-state index contributed by atoms with van der Waals surface area (Å²) in [5.74, 6) is 0. The Morgan fingerprint density at radius 1 is 0.286 bits per heavy atom. The second kappa shape index (κ2) is 15.3. The maximum absolute atomic E-state index is 6.17. The van der Waals surface area contributed by atoms with Crippen LogP contribution in [0.5, 0.6) is 0 Å². The van der Waals surface area contributed by atoms with Gasteiger partial charge in [-0.15, -0.1) is 0 Å². The molecule has 63 heavy (non-hydrogen) atoms. The largest absolute Gasteiger partial charge is 0.456 e. The first-order valence-electron chi connectivity index (χ1n) is 21.5. The predicted molar refractivity (Wildman–Crippen MR) is 264 cm³/mol. The van der Waals surface area contributed by atoms with Crippen LogP contribution in [0.2, 0.25) is 0 Å². The average Bonchev–Trinajstić information content (AvgIpc) is 3.91. The smallest absolute Gasteiger partial charge is 0.136 e. The summed E-state index contributed by atoms with van der Waals surface area (Å²) in [6.07, 6.45) is 0. The molecule has 12 aromatic rings. The van der Waals surface area contributed by atoms with Crippen molar-refractivity contribution in [1.82, 2.24) is 4.57 Å². The molecule has 2 aromatic heterocycles. The van der Waals surface area contributed by atoms with Gasteiger partial charge in [0.25, 0.3) is 0 Å². The van der Waals surface area contributed by atoms with Gasteiger partial charge < -0.3 is 13.9 Å². The molecule has 10 aromatic carbocycles. The monoisotopic (exact) mass is 804 g/mol. The van der Waals surface area contributed by atoms with Crippen molar-refractivity contribution in [2.75, 3.05) is 4.90 Å². The van der Waals surface area contributed by atoms with Crippen LogP contribution in [0.25, 0.3) is 93.9 Å². The van der Waals surface area contributed by atoms with Gasteiger partial charge in [-0.2, -0.15) is 0 Å². The number of benzene rings is 10. The zero-order valence-electron chi connectivity index (χ0n) is 34.4. The molecule has 2 heterocycles. The molecule has 12 rings (SSSR count). The van der Waals surface area contributed by atoms with Crippen LogP contribution >= 0.6 is 0 Å². The summed E-state index contributed by atoms with van der Waals surface area (Å²) in [6, 6.07) is 87.0. The summed E-state index contributed by atoms with van der Waals surface area (Å²) in [5, 5.41) is 4.85. The fraction of sp³-hybridized carbons (Fsp3) is 0. The van der Waals surface area contributed by atoms with Crippen LogP contribution in [0.3, 0.4) is 0 Å². The van der Waals surface area contributed by atoms with Crippen molar-refractivity contribution in [2.45, 2.75) is 0 Å². The molecule has 0 saturated carbocycles.